The summed E-state index contributed by atoms with van der Waals surface area (Å²) >= 11 is 0. The largest absolute Gasteiger partial charge is 0.301 e. The third kappa shape index (κ3) is 3.38. The van der Waals surface area contributed by atoms with E-state index < -0.39 is 10.2 Å². The normalized spacial score (nSPS) is 11.5. The minimum atomic E-state index is -3.50. The van der Waals surface area contributed by atoms with Gasteiger partial charge in [-0.15, -0.1) is 0 Å². The van der Waals surface area contributed by atoms with Crippen LogP contribution in [0.3, 0.4) is 0 Å². The Morgan fingerprint density at radius 3 is 2.92 bits per heavy atom. The van der Waals surface area contributed by atoms with E-state index in [1.807, 2.05) is 6.92 Å². The molecule has 3 N–H and O–H groups in total. The summed E-state index contributed by atoms with van der Waals surface area (Å²) < 4.78 is 26.8. The summed E-state index contributed by atoms with van der Waals surface area (Å²) in [4.78, 5) is 3.61. The first-order valence-electron chi connectivity index (χ1n) is 3.77. The second-order valence-electron chi connectivity index (χ2n) is 2.33. The van der Waals surface area contributed by atoms with E-state index in [1.54, 1.807) is 0 Å². The van der Waals surface area contributed by atoms with Crippen molar-refractivity contribution in [2.45, 2.75) is 13.3 Å². The Balaban J connectivity index is 2.53. The number of H-pyrrole nitrogens is 1. The monoisotopic (exact) mass is 205 g/mol. The quantitative estimate of drug-likeness (QED) is 0.601. The molecule has 8 heteroatoms. The number of rotatable bonds is 5. The molecular weight excluding hydrogens is 194 g/mol. The van der Waals surface area contributed by atoms with E-state index >= 15 is 0 Å². The van der Waals surface area contributed by atoms with Crippen molar-refractivity contribution in [2.24, 2.45) is 0 Å². The van der Waals surface area contributed by atoms with Crippen molar-refractivity contribution >= 4 is 16.2 Å². The molecule has 0 aliphatic carbocycles. The van der Waals surface area contributed by atoms with Crippen molar-refractivity contribution in [1.82, 2.24) is 19.9 Å². The van der Waals surface area contributed by atoms with Crippen LogP contribution in [0.5, 0.6) is 0 Å². The van der Waals surface area contributed by atoms with Gasteiger partial charge >= 0.3 is 10.2 Å². The number of anilines is 1. The molecule has 0 aliphatic heterocycles. The molecule has 0 spiro atoms. The Bertz CT molecular complexity index is 332. The Kier molecular flexibility index (Phi) is 3.20. The molecule has 0 radical (unpaired) electrons. The number of aromatic nitrogens is 3. The zero-order chi connectivity index (χ0) is 9.73. The molecule has 0 amide bonds. The summed E-state index contributed by atoms with van der Waals surface area (Å²) in [5.74, 6) is 0.101. The topological polar surface area (TPSA) is 99.8 Å². The fraction of sp³-hybridized carbons (Fsp3) is 0.600. The molecule has 0 atom stereocenters. The second-order valence-corrected chi connectivity index (χ2v) is 3.83. The third-order valence-corrected chi connectivity index (χ3v) is 2.23. The summed E-state index contributed by atoms with van der Waals surface area (Å²) in [6, 6.07) is 0. The van der Waals surface area contributed by atoms with Crippen molar-refractivity contribution in [2.75, 3.05) is 11.3 Å². The summed E-state index contributed by atoms with van der Waals surface area (Å²) in [6.45, 7) is 2.26. The van der Waals surface area contributed by atoms with Crippen molar-refractivity contribution in [1.29, 1.82) is 0 Å². The highest BCUT2D eigenvalue weighted by Gasteiger charge is 2.09. The van der Waals surface area contributed by atoms with Crippen molar-refractivity contribution < 1.29 is 8.42 Å². The minimum Gasteiger partial charge on any atom is -0.245 e. The lowest BCUT2D eigenvalue weighted by atomic mass is 10.5. The van der Waals surface area contributed by atoms with Gasteiger partial charge in [0.1, 0.15) is 6.33 Å². The zero-order valence-electron chi connectivity index (χ0n) is 7.11. The van der Waals surface area contributed by atoms with E-state index in [1.165, 1.54) is 6.33 Å². The molecule has 13 heavy (non-hydrogen) atoms. The highest BCUT2D eigenvalue weighted by Crippen LogP contribution is 1.95. The van der Waals surface area contributed by atoms with Crippen molar-refractivity contribution in [3.05, 3.63) is 6.33 Å². The average molecular weight is 205 g/mol. The first kappa shape index (κ1) is 9.93. The van der Waals surface area contributed by atoms with E-state index in [2.05, 4.69) is 24.6 Å². The molecule has 0 unspecified atom stereocenters. The van der Waals surface area contributed by atoms with Crippen LogP contribution in [-0.4, -0.2) is 30.1 Å². The fourth-order valence-electron chi connectivity index (χ4n) is 0.654. The van der Waals surface area contributed by atoms with Crippen LogP contribution in [-0.2, 0) is 10.2 Å². The Morgan fingerprint density at radius 2 is 2.38 bits per heavy atom. The van der Waals surface area contributed by atoms with Crippen LogP contribution >= 0.6 is 0 Å². The molecule has 0 saturated heterocycles. The van der Waals surface area contributed by atoms with Gasteiger partial charge in [-0.2, -0.15) is 23.2 Å². The first-order valence-corrected chi connectivity index (χ1v) is 5.25. The van der Waals surface area contributed by atoms with Crippen LogP contribution in [0.1, 0.15) is 13.3 Å². The molecule has 0 aliphatic rings. The summed E-state index contributed by atoms with van der Waals surface area (Å²) in [7, 11) is -3.50. The molecule has 1 rings (SSSR count). The van der Waals surface area contributed by atoms with Crippen LogP contribution in [0.4, 0.5) is 5.95 Å². The van der Waals surface area contributed by atoms with Crippen LogP contribution in [0.2, 0.25) is 0 Å². The molecule has 1 aromatic heterocycles. The molecule has 1 aromatic rings. The van der Waals surface area contributed by atoms with E-state index in [-0.39, 0.29) is 5.95 Å². The van der Waals surface area contributed by atoms with E-state index in [4.69, 9.17) is 0 Å². The van der Waals surface area contributed by atoms with Crippen molar-refractivity contribution in [3.8, 4) is 0 Å². The van der Waals surface area contributed by atoms with Gasteiger partial charge in [-0.05, 0) is 6.42 Å². The minimum absolute atomic E-state index is 0.101. The van der Waals surface area contributed by atoms with Gasteiger partial charge in [0.05, 0.1) is 0 Å². The molecule has 74 valence electrons. The number of nitrogens with zero attached hydrogens (tertiary/aromatic N) is 2. The molecule has 0 aromatic carbocycles. The molecule has 0 saturated carbocycles. The number of hydrogen-bond acceptors (Lipinski definition) is 4. The van der Waals surface area contributed by atoms with E-state index in [0.717, 1.165) is 6.42 Å². The van der Waals surface area contributed by atoms with Crippen LogP contribution < -0.4 is 9.44 Å². The van der Waals surface area contributed by atoms with Crippen LogP contribution in [0.25, 0.3) is 0 Å². The van der Waals surface area contributed by atoms with Gasteiger partial charge in [-0.25, -0.2) is 9.82 Å². The highest BCUT2D eigenvalue weighted by atomic mass is 32.2. The SMILES string of the molecule is CCCNS(=O)(=O)Nc1ncn[nH]1. The Hall–Kier alpha value is -1.15. The van der Waals surface area contributed by atoms with Gasteiger partial charge in [0.2, 0.25) is 5.95 Å². The van der Waals surface area contributed by atoms with E-state index in [0.29, 0.717) is 6.54 Å². The van der Waals surface area contributed by atoms with Gasteiger partial charge in [-0.1, -0.05) is 6.92 Å². The van der Waals surface area contributed by atoms with Gasteiger partial charge in [0.15, 0.2) is 0 Å². The van der Waals surface area contributed by atoms with Crippen molar-refractivity contribution in [3.63, 3.8) is 0 Å². The zero-order valence-corrected chi connectivity index (χ0v) is 7.93. The van der Waals surface area contributed by atoms with E-state index in [9.17, 15) is 8.42 Å². The predicted molar refractivity (Wildman–Crippen MR) is 47.2 cm³/mol. The Morgan fingerprint density at radius 1 is 1.62 bits per heavy atom. The van der Waals surface area contributed by atoms with Gasteiger partial charge < -0.3 is 0 Å². The highest BCUT2D eigenvalue weighted by molar-refractivity contribution is 7.90. The van der Waals surface area contributed by atoms with Crippen LogP contribution in [0, 0.1) is 0 Å². The average Bonchev–Trinajstić information content (AvgIpc) is 2.52. The summed E-state index contributed by atoms with van der Waals surface area (Å²) in [5, 5.41) is 5.87. The maximum Gasteiger partial charge on any atom is 0.301 e. The Labute approximate surface area is 76.1 Å². The lowest BCUT2D eigenvalue weighted by Crippen LogP contribution is -2.31. The molecular formula is C5H11N5O2S. The van der Waals surface area contributed by atoms with Gasteiger partial charge in [0.25, 0.3) is 0 Å². The summed E-state index contributed by atoms with van der Waals surface area (Å²) in [5.41, 5.74) is 0. The third-order valence-electron chi connectivity index (χ3n) is 1.19. The maximum atomic E-state index is 11.1. The van der Waals surface area contributed by atoms with Crippen LogP contribution in [0.15, 0.2) is 6.33 Å². The first-order chi connectivity index (χ1) is 6.14. The second kappa shape index (κ2) is 4.19. The number of hydrogen-bond donors (Lipinski definition) is 3. The van der Waals surface area contributed by atoms with Gasteiger partial charge in [-0.3, -0.25) is 0 Å². The standard InChI is InChI=1S/C5H11N5O2S/c1-2-3-8-13(11,12)10-5-6-4-7-9-5/h4,8H,2-3H2,1H3,(H2,6,7,9,10). The van der Waals surface area contributed by atoms with Gasteiger partial charge in [0, 0.05) is 6.54 Å². The molecule has 0 fully saturated rings. The number of nitrogens with one attached hydrogen (secondary N) is 3. The lowest BCUT2D eigenvalue weighted by molar-refractivity contribution is 0.586. The maximum absolute atomic E-state index is 11.1. The summed E-state index contributed by atoms with van der Waals surface area (Å²) in [6.07, 6.45) is 1.95. The fourth-order valence-corrected chi connectivity index (χ4v) is 1.55. The smallest absolute Gasteiger partial charge is 0.245 e. The molecule has 7 nitrogen and oxygen atoms in total. The number of aromatic amines is 1. The molecule has 0 bridgehead atoms. The predicted octanol–water partition coefficient (Wildman–Crippen LogP) is -0.539. The lowest BCUT2D eigenvalue weighted by Gasteiger charge is -2.04. The molecule has 1 heterocycles.